The zero-order valence-corrected chi connectivity index (χ0v) is 9.93. The third-order valence-electron chi connectivity index (χ3n) is 3.09. The first-order chi connectivity index (χ1) is 7.81. The minimum atomic E-state index is 1.05. The molecule has 4 heteroatoms. The van der Waals surface area contributed by atoms with Gasteiger partial charge in [-0.15, -0.1) is 0 Å². The van der Waals surface area contributed by atoms with Gasteiger partial charge < -0.3 is 9.80 Å². The maximum atomic E-state index is 4.22. The fourth-order valence-electron chi connectivity index (χ4n) is 1.98. The molecule has 1 fully saturated rings. The second-order valence-corrected chi connectivity index (χ2v) is 3.95. The molecule has 0 atom stereocenters. The first-order valence-electron chi connectivity index (χ1n) is 5.64. The molecule has 86 valence electrons. The number of aliphatic imine (C=N–C) groups is 1. The summed E-state index contributed by atoms with van der Waals surface area (Å²) in [6.45, 7) is 6.27. The van der Waals surface area contributed by atoms with E-state index in [0.29, 0.717) is 0 Å². The van der Waals surface area contributed by atoms with Gasteiger partial charge in [0.1, 0.15) is 0 Å². The Morgan fingerprint density at radius 3 is 2.38 bits per heavy atom. The van der Waals surface area contributed by atoms with Crippen molar-refractivity contribution in [3.05, 3.63) is 24.5 Å². The molecule has 0 bridgehead atoms. The maximum absolute atomic E-state index is 4.22. The van der Waals surface area contributed by atoms with Gasteiger partial charge >= 0.3 is 0 Å². The van der Waals surface area contributed by atoms with E-state index in [2.05, 4.69) is 38.8 Å². The Bertz CT molecular complexity index is 353. The highest BCUT2D eigenvalue weighted by Crippen LogP contribution is 2.14. The normalized spacial score (nSPS) is 17.8. The Hall–Kier alpha value is -1.58. The minimum absolute atomic E-state index is 1.05. The fourth-order valence-corrected chi connectivity index (χ4v) is 1.98. The van der Waals surface area contributed by atoms with Gasteiger partial charge in [-0.1, -0.05) is 0 Å². The number of rotatable bonds is 1. The highest BCUT2D eigenvalue weighted by atomic mass is 15.3. The summed E-state index contributed by atoms with van der Waals surface area (Å²) < 4.78 is 0. The van der Waals surface area contributed by atoms with Gasteiger partial charge in [0.2, 0.25) is 0 Å². The van der Waals surface area contributed by atoms with Crippen LogP contribution in [0.4, 0.5) is 5.69 Å². The molecule has 2 rings (SSSR count). The Labute approximate surface area is 96.6 Å². The van der Waals surface area contributed by atoms with Crippen LogP contribution in [0.2, 0.25) is 0 Å². The molecular weight excluding hydrogens is 200 g/mol. The molecule has 0 saturated carbocycles. The molecule has 0 spiro atoms. The van der Waals surface area contributed by atoms with Gasteiger partial charge in [-0.05, 0) is 19.1 Å². The molecule has 0 amide bonds. The van der Waals surface area contributed by atoms with Crippen LogP contribution >= 0.6 is 0 Å². The van der Waals surface area contributed by atoms with Crippen molar-refractivity contribution >= 4 is 11.5 Å². The van der Waals surface area contributed by atoms with Crippen LogP contribution in [0.3, 0.4) is 0 Å². The monoisotopic (exact) mass is 218 g/mol. The molecule has 16 heavy (non-hydrogen) atoms. The predicted octanol–water partition coefficient (Wildman–Crippen LogP) is 1.25. The van der Waals surface area contributed by atoms with E-state index in [1.165, 1.54) is 5.69 Å². The Kier molecular flexibility index (Phi) is 3.39. The van der Waals surface area contributed by atoms with E-state index >= 15 is 0 Å². The van der Waals surface area contributed by atoms with E-state index in [-0.39, 0.29) is 0 Å². The fraction of sp³-hybridized carbons (Fsp3) is 0.500. The molecule has 0 aliphatic carbocycles. The lowest BCUT2D eigenvalue weighted by Crippen LogP contribution is -2.48. The van der Waals surface area contributed by atoms with Crippen LogP contribution < -0.4 is 4.90 Å². The average molecular weight is 218 g/mol. The van der Waals surface area contributed by atoms with Crippen LogP contribution in [-0.4, -0.2) is 48.9 Å². The summed E-state index contributed by atoms with van der Waals surface area (Å²) >= 11 is 0. The van der Waals surface area contributed by atoms with Crippen LogP contribution in [0, 0.1) is 0 Å². The van der Waals surface area contributed by atoms with Crippen molar-refractivity contribution in [1.82, 2.24) is 9.88 Å². The van der Waals surface area contributed by atoms with Crippen molar-refractivity contribution < 1.29 is 0 Å². The predicted molar refractivity (Wildman–Crippen MR) is 67.1 cm³/mol. The summed E-state index contributed by atoms with van der Waals surface area (Å²) in [7, 11) is 1.85. The Morgan fingerprint density at radius 1 is 1.19 bits per heavy atom. The number of hydrogen-bond acceptors (Lipinski definition) is 3. The van der Waals surface area contributed by atoms with Crippen LogP contribution in [0.25, 0.3) is 0 Å². The quantitative estimate of drug-likeness (QED) is 0.525. The number of anilines is 1. The summed E-state index contributed by atoms with van der Waals surface area (Å²) in [5.74, 6) is 1.13. The van der Waals surface area contributed by atoms with Crippen LogP contribution in [0.5, 0.6) is 0 Å². The molecule has 1 aliphatic heterocycles. The maximum Gasteiger partial charge on any atom is 0.0955 e. The highest BCUT2D eigenvalue weighted by Gasteiger charge is 2.17. The summed E-state index contributed by atoms with van der Waals surface area (Å²) in [6, 6.07) is 4.13. The second-order valence-electron chi connectivity index (χ2n) is 3.95. The number of pyridine rings is 1. The topological polar surface area (TPSA) is 31.7 Å². The van der Waals surface area contributed by atoms with Gasteiger partial charge in [0.25, 0.3) is 0 Å². The number of nitrogens with zero attached hydrogens (tertiary/aromatic N) is 4. The van der Waals surface area contributed by atoms with Gasteiger partial charge in [0.15, 0.2) is 0 Å². The molecule has 0 N–H and O–H groups in total. The number of piperazine rings is 1. The van der Waals surface area contributed by atoms with E-state index in [1.54, 1.807) is 0 Å². The molecular formula is C12H18N4. The van der Waals surface area contributed by atoms with E-state index < -0.39 is 0 Å². The number of aromatic nitrogens is 1. The molecule has 0 unspecified atom stereocenters. The van der Waals surface area contributed by atoms with E-state index in [4.69, 9.17) is 0 Å². The summed E-state index contributed by atoms with van der Waals surface area (Å²) in [5, 5.41) is 0. The van der Waals surface area contributed by atoms with Crippen LogP contribution in [0.15, 0.2) is 29.5 Å². The van der Waals surface area contributed by atoms with Crippen molar-refractivity contribution in [1.29, 1.82) is 0 Å². The van der Waals surface area contributed by atoms with Crippen molar-refractivity contribution in [2.45, 2.75) is 6.92 Å². The van der Waals surface area contributed by atoms with Crippen molar-refractivity contribution in [3.8, 4) is 0 Å². The van der Waals surface area contributed by atoms with Gasteiger partial charge in [0.05, 0.1) is 5.84 Å². The summed E-state index contributed by atoms with van der Waals surface area (Å²) in [6.07, 6.45) is 3.70. The molecule has 0 radical (unpaired) electrons. The lowest BCUT2D eigenvalue weighted by Gasteiger charge is -2.36. The van der Waals surface area contributed by atoms with Gasteiger partial charge in [-0.3, -0.25) is 9.98 Å². The average Bonchev–Trinajstić information content (AvgIpc) is 2.39. The zero-order chi connectivity index (χ0) is 11.4. The first kappa shape index (κ1) is 10.9. The van der Waals surface area contributed by atoms with Crippen molar-refractivity contribution in [2.75, 3.05) is 38.1 Å². The lowest BCUT2D eigenvalue weighted by atomic mass is 10.2. The smallest absolute Gasteiger partial charge is 0.0955 e. The van der Waals surface area contributed by atoms with E-state index in [1.807, 2.05) is 19.4 Å². The zero-order valence-electron chi connectivity index (χ0n) is 9.93. The van der Waals surface area contributed by atoms with Crippen molar-refractivity contribution in [2.24, 2.45) is 4.99 Å². The largest absolute Gasteiger partial charge is 0.368 e. The lowest BCUT2D eigenvalue weighted by molar-refractivity contribution is 0.383. The van der Waals surface area contributed by atoms with E-state index in [9.17, 15) is 0 Å². The summed E-state index contributed by atoms with van der Waals surface area (Å²) in [5.41, 5.74) is 1.26. The third-order valence-corrected chi connectivity index (χ3v) is 3.09. The standard InChI is InChI=1S/C12H18N4/c1-11(13-2)15-7-9-16(10-8-15)12-3-5-14-6-4-12/h3-6H,7-10H2,1-2H3. The second kappa shape index (κ2) is 4.96. The molecule has 1 aliphatic rings. The molecule has 2 heterocycles. The van der Waals surface area contributed by atoms with Crippen molar-refractivity contribution in [3.63, 3.8) is 0 Å². The van der Waals surface area contributed by atoms with Gasteiger partial charge in [-0.25, -0.2) is 0 Å². The minimum Gasteiger partial charge on any atom is -0.368 e. The molecule has 4 nitrogen and oxygen atoms in total. The number of amidine groups is 1. The SMILES string of the molecule is CN=C(C)N1CCN(c2ccncc2)CC1. The summed E-state index contributed by atoms with van der Waals surface area (Å²) in [4.78, 5) is 13.0. The molecule has 0 aromatic carbocycles. The Balaban J connectivity index is 1.96. The molecule has 1 aromatic heterocycles. The molecule has 1 saturated heterocycles. The van der Waals surface area contributed by atoms with E-state index in [0.717, 1.165) is 32.0 Å². The first-order valence-corrected chi connectivity index (χ1v) is 5.64. The number of hydrogen-bond donors (Lipinski definition) is 0. The van der Waals surface area contributed by atoms with Gasteiger partial charge in [-0.2, -0.15) is 0 Å². The van der Waals surface area contributed by atoms with Crippen LogP contribution in [-0.2, 0) is 0 Å². The highest BCUT2D eigenvalue weighted by molar-refractivity contribution is 5.79. The van der Waals surface area contributed by atoms with Crippen LogP contribution in [0.1, 0.15) is 6.92 Å². The third kappa shape index (κ3) is 2.32. The molecule has 1 aromatic rings. The Morgan fingerprint density at radius 2 is 1.81 bits per heavy atom. The van der Waals surface area contributed by atoms with Gasteiger partial charge in [0, 0.05) is 51.3 Å².